The molecule has 1 atom stereocenters. The molecule has 0 bridgehead atoms. The highest BCUT2D eigenvalue weighted by Crippen LogP contribution is 2.24. The monoisotopic (exact) mass is 276 g/mol. The number of aromatic nitrogens is 4. The number of rotatable bonds is 4. The smallest absolute Gasteiger partial charge is 0.236 e. The van der Waals surface area contributed by atoms with E-state index in [4.69, 9.17) is 9.15 Å². The van der Waals surface area contributed by atoms with E-state index in [9.17, 15) is 0 Å². The Morgan fingerprint density at radius 2 is 2.30 bits per heavy atom. The molecule has 0 saturated carbocycles. The molecule has 1 aliphatic heterocycles. The van der Waals surface area contributed by atoms with Crippen molar-refractivity contribution < 1.29 is 9.15 Å². The number of ether oxygens (including phenoxy) is 1. The molecule has 6 heteroatoms. The first-order valence-electron chi connectivity index (χ1n) is 7.15. The minimum atomic E-state index is 0.248. The van der Waals surface area contributed by atoms with Gasteiger partial charge in [0.05, 0.1) is 12.5 Å². The van der Waals surface area contributed by atoms with Crippen molar-refractivity contribution in [3.8, 4) is 0 Å². The molecule has 0 amide bonds. The van der Waals surface area contributed by atoms with E-state index in [1.807, 2.05) is 12.4 Å². The van der Waals surface area contributed by atoms with Gasteiger partial charge in [-0.3, -0.25) is 0 Å². The van der Waals surface area contributed by atoms with E-state index in [0.29, 0.717) is 30.9 Å². The summed E-state index contributed by atoms with van der Waals surface area (Å²) >= 11 is 0. The van der Waals surface area contributed by atoms with Gasteiger partial charge in [0.1, 0.15) is 12.4 Å². The lowest BCUT2D eigenvalue weighted by Gasteiger charge is -2.18. The first-order chi connectivity index (χ1) is 9.74. The standard InChI is InChI=1S/C14H20N4O2/c1-10(2)13-15-5-6-18(13)8-12-16-17-14(20-12)11-4-3-7-19-9-11/h5-6,10-11H,3-4,7-9H2,1-2H3. The van der Waals surface area contributed by atoms with Gasteiger partial charge in [-0.15, -0.1) is 10.2 Å². The highest BCUT2D eigenvalue weighted by molar-refractivity contribution is 5.00. The molecule has 2 aromatic rings. The van der Waals surface area contributed by atoms with Gasteiger partial charge in [0.2, 0.25) is 11.8 Å². The summed E-state index contributed by atoms with van der Waals surface area (Å²) in [5.41, 5.74) is 0. The van der Waals surface area contributed by atoms with Gasteiger partial charge in [0.15, 0.2) is 0 Å². The van der Waals surface area contributed by atoms with Crippen molar-refractivity contribution in [2.75, 3.05) is 13.2 Å². The zero-order valence-electron chi connectivity index (χ0n) is 12.0. The summed E-state index contributed by atoms with van der Waals surface area (Å²) in [6, 6.07) is 0. The van der Waals surface area contributed by atoms with E-state index >= 15 is 0 Å². The average molecular weight is 276 g/mol. The summed E-state index contributed by atoms with van der Waals surface area (Å²) in [5, 5.41) is 8.31. The molecule has 20 heavy (non-hydrogen) atoms. The van der Waals surface area contributed by atoms with Crippen molar-refractivity contribution in [2.45, 2.75) is 45.1 Å². The van der Waals surface area contributed by atoms with Gasteiger partial charge >= 0.3 is 0 Å². The average Bonchev–Trinajstić information content (AvgIpc) is 3.09. The Morgan fingerprint density at radius 1 is 1.40 bits per heavy atom. The molecule has 1 fully saturated rings. The molecule has 0 spiro atoms. The first-order valence-corrected chi connectivity index (χ1v) is 7.15. The van der Waals surface area contributed by atoms with Crippen LogP contribution in [0.2, 0.25) is 0 Å². The van der Waals surface area contributed by atoms with E-state index < -0.39 is 0 Å². The maximum Gasteiger partial charge on any atom is 0.236 e. The second-order valence-corrected chi connectivity index (χ2v) is 5.52. The number of nitrogens with zero attached hydrogens (tertiary/aromatic N) is 4. The molecule has 0 aliphatic carbocycles. The maximum absolute atomic E-state index is 5.78. The van der Waals surface area contributed by atoms with Crippen LogP contribution in [-0.2, 0) is 11.3 Å². The molecule has 108 valence electrons. The Balaban J connectivity index is 1.72. The van der Waals surface area contributed by atoms with Crippen LogP contribution in [0.5, 0.6) is 0 Å². The van der Waals surface area contributed by atoms with Crippen LogP contribution in [0.4, 0.5) is 0 Å². The molecule has 0 N–H and O–H groups in total. The SMILES string of the molecule is CC(C)c1nccn1Cc1nnc(C2CCCOC2)o1. The summed E-state index contributed by atoms with van der Waals surface area (Å²) in [6.45, 7) is 6.34. The summed E-state index contributed by atoms with van der Waals surface area (Å²) in [7, 11) is 0. The Labute approximate surface area is 118 Å². The molecule has 1 aliphatic rings. The fourth-order valence-electron chi connectivity index (χ4n) is 2.53. The molecular formula is C14H20N4O2. The summed E-state index contributed by atoms with van der Waals surface area (Å²) in [5.74, 6) is 2.98. The largest absolute Gasteiger partial charge is 0.423 e. The van der Waals surface area contributed by atoms with Crippen LogP contribution in [0.25, 0.3) is 0 Å². The van der Waals surface area contributed by atoms with Crippen LogP contribution < -0.4 is 0 Å². The van der Waals surface area contributed by atoms with Gasteiger partial charge in [-0.25, -0.2) is 4.98 Å². The highest BCUT2D eigenvalue weighted by Gasteiger charge is 2.22. The third-order valence-corrected chi connectivity index (χ3v) is 3.56. The van der Waals surface area contributed by atoms with Crippen molar-refractivity contribution >= 4 is 0 Å². The number of imidazole rings is 1. The zero-order chi connectivity index (χ0) is 13.9. The van der Waals surface area contributed by atoms with E-state index in [1.165, 1.54) is 0 Å². The van der Waals surface area contributed by atoms with Crippen molar-refractivity contribution in [3.05, 3.63) is 30.0 Å². The molecule has 3 rings (SSSR count). The minimum Gasteiger partial charge on any atom is -0.423 e. The molecule has 2 aromatic heterocycles. The first kappa shape index (κ1) is 13.3. The van der Waals surface area contributed by atoms with Crippen LogP contribution in [-0.4, -0.2) is 33.0 Å². The van der Waals surface area contributed by atoms with Crippen molar-refractivity contribution in [1.82, 2.24) is 19.7 Å². The molecule has 0 aromatic carbocycles. The van der Waals surface area contributed by atoms with Crippen LogP contribution in [0, 0.1) is 0 Å². The molecular weight excluding hydrogens is 256 g/mol. The zero-order valence-corrected chi connectivity index (χ0v) is 12.0. The fourth-order valence-corrected chi connectivity index (χ4v) is 2.53. The van der Waals surface area contributed by atoms with Gasteiger partial charge in [-0.1, -0.05) is 13.8 Å². The van der Waals surface area contributed by atoms with Gasteiger partial charge in [-0.2, -0.15) is 0 Å². The number of hydrogen-bond donors (Lipinski definition) is 0. The lowest BCUT2D eigenvalue weighted by Crippen LogP contribution is -2.15. The number of hydrogen-bond acceptors (Lipinski definition) is 5. The van der Waals surface area contributed by atoms with Crippen LogP contribution >= 0.6 is 0 Å². The Hall–Kier alpha value is -1.69. The van der Waals surface area contributed by atoms with Crippen molar-refractivity contribution in [2.24, 2.45) is 0 Å². The molecule has 3 heterocycles. The van der Waals surface area contributed by atoms with Crippen LogP contribution in [0.15, 0.2) is 16.8 Å². The lowest BCUT2D eigenvalue weighted by molar-refractivity contribution is 0.0721. The topological polar surface area (TPSA) is 66.0 Å². The second-order valence-electron chi connectivity index (χ2n) is 5.52. The summed E-state index contributed by atoms with van der Waals surface area (Å²) < 4.78 is 13.3. The maximum atomic E-state index is 5.78. The van der Waals surface area contributed by atoms with Gasteiger partial charge in [-0.05, 0) is 12.8 Å². The Morgan fingerprint density at radius 3 is 3.05 bits per heavy atom. The molecule has 1 saturated heterocycles. The van der Waals surface area contributed by atoms with Gasteiger partial charge in [0, 0.05) is 24.9 Å². The van der Waals surface area contributed by atoms with E-state index in [0.717, 1.165) is 25.3 Å². The summed E-state index contributed by atoms with van der Waals surface area (Å²) in [4.78, 5) is 4.36. The fraction of sp³-hybridized carbons (Fsp3) is 0.643. The van der Waals surface area contributed by atoms with E-state index in [1.54, 1.807) is 0 Å². The van der Waals surface area contributed by atoms with Crippen LogP contribution in [0.1, 0.15) is 56.1 Å². The molecule has 1 unspecified atom stereocenters. The second kappa shape index (κ2) is 5.75. The molecule has 6 nitrogen and oxygen atoms in total. The minimum absolute atomic E-state index is 0.248. The summed E-state index contributed by atoms with van der Waals surface area (Å²) in [6.07, 6.45) is 5.87. The van der Waals surface area contributed by atoms with E-state index in [2.05, 4.69) is 33.6 Å². The lowest BCUT2D eigenvalue weighted by atomic mass is 10.0. The van der Waals surface area contributed by atoms with E-state index in [-0.39, 0.29) is 5.92 Å². The van der Waals surface area contributed by atoms with Crippen molar-refractivity contribution in [1.29, 1.82) is 0 Å². The predicted molar refractivity (Wildman–Crippen MR) is 72.5 cm³/mol. The quantitative estimate of drug-likeness (QED) is 0.857. The van der Waals surface area contributed by atoms with Gasteiger partial charge in [0.25, 0.3) is 0 Å². The van der Waals surface area contributed by atoms with Crippen molar-refractivity contribution in [3.63, 3.8) is 0 Å². The third-order valence-electron chi connectivity index (χ3n) is 3.56. The van der Waals surface area contributed by atoms with Gasteiger partial charge < -0.3 is 13.7 Å². The Kier molecular flexibility index (Phi) is 3.82. The highest BCUT2D eigenvalue weighted by atomic mass is 16.5. The Bertz CT molecular complexity index is 555. The van der Waals surface area contributed by atoms with Crippen LogP contribution in [0.3, 0.4) is 0 Å². The molecule has 0 radical (unpaired) electrons. The predicted octanol–water partition coefficient (Wildman–Crippen LogP) is 2.33. The normalized spacial score (nSPS) is 19.6. The third kappa shape index (κ3) is 2.75.